The van der Waals surface area contributed by atoms with E-state index in [2.05, 4.69) is 20.8 Å². The second-order valence-corrected chi connectivity index (χ2v) is 6.57. The Labute approximate surface area is 120 Å². The van der Waals surface area contributed by atoms with Gasteiger partial charge in [0.15, 0.2) is 0 Å². The van der Waals surface area contributed by atoms with E-state index in [0.717, 1.165) is 41.7 Å². The summed E-state index contributed by atoms with van der Waals surface area (Å²) in [6.07, 6.45) is 4.40. The first-order valence-electron chi connectivity index (χ1n) is 7.55. The van der Waals surface area contributed by atoms with Crippen molar-refractivity contribution >= 4 is 0 Å². The molecule has 1 fully saturated rings. The maximum absolute atomic E-state index is 10.3. The number of hydrogen-bond acceptors (Lipinski definition) is 3. The molecule has 3 heteroatoms. The largest absolute Gasteiger partial charge is 0.508 e. The molecule has 1 atom stereocenters. The van der Waals surface area contributed by atoms with Gasteiger partial charge in [-0.3, -0.25) is 0 Å². The topological polar surface area (TPSA) is 38.7 Å². The van der Waals surface area contributed by atoms with E-state index in [1.807, 2.05) is 6.07 Å². The van der Waals surface area contributed by atoms with Gasteiger partial charge in [0.2, 0.25) is 0 Å². The third-order valence-corrected chi connectivity index (χ3v) is 4.92. The van der Waals surface area contributed by atoms with E-state index in [9.17, 15) is 5.11 Å². The number of hydrogen-bond donors (Lipinski definition) is 1. The molecule has 0 amide bonds. The van der Waals surface area contributed by atoms with E-state index in [-0.39, 0.29) is 17.6 Å². The highest BCUT2D eigenvalue weighted by Gasteiger charge is 2.46. The molecular formula is C17H24O3. The number of fused-ring (bicyclic) bond motifs is 1. The summed E-state index contributed by atoms with van der Waals surface area (Å²) >= 11 is 0. The van der Waals surface area contributed by atoms with E-state index in [1.54, 1.807) is 7.11 Å². The minimum Gasteiger partial charge on any atom is -0.508 e. The first-order chi connectivity index (χ1) is 9.47. The maximum atomic E-state index is 10.3. The SMILES string of the molecule is COC1CC2(CCC2)Oc2c1cc(O)c(C(C)C)c2C. The van der Waals surface area contributed by atoms with Gasteiger partial charge in [-0.15, -0.1) is 0 Å². The molecule has 1 heterocycles. The van der Waals surface area contributed by atoms with Crippen LogP contribution in [0.4, 0.5) is 0 Å². The highest BCUT2D eigenvalue weighted by molar-refractivity contribution is 5.56. The van der Waals surface area contributed by atoms with Crippen LogP contribution < -0.4 is 4.74 Å². The van der Waals surface area contributed by atoms with Crippen LogP contribution >= 0.6 is 0 Å². The molecular weight excluding hydrogens is 252 g/mol. The Balaban J connectivity index is 2.13. The Hall–Kier alpha value is -1.22. The maximum Gasteiger partial charge on any atom is 0.129 e. The number of phenolic OH excluding ortho intramolecular Hbond substituents is 1. The van der Waals surface area contributed by atoms with E-state index in [4.69, 9.17) is 9.47 Å². The lowest BCUT2D eigenvalue weighted by Crippen LogP contribution is -2.47. The van der Waals surface area contributed by atoms with Gasteiger partial charge in [0.1, 0.15) is 17.1 Å². The molecule has 110 valence electrons. The zero-order valence-corrected chi connectivity index (χ0v) is 12.8. The summed E-state index contributed by atoms with van der Waals surface area (Å²) in [5.74, 6) is 1.60. The Morgan fingerprint density at radius 1 is 1.40 bits per heavy atom. The van der Waals surface area contributed by atoms with Gasteiger partial charge in [-0.05, 0) is 43.7 Å². The van der Waals surface area contributed by atoms with Gasteiger partial charge < -0.3 is 14.6 Å². The molecule has 1 aromatic carbocycles. The molecule has 0 saturated heterocycles. The Bertz CT molecular complexity index is 530. The second-order valence-electron chi connectivity index (χ2n) is 6.57. The number of rotatable bonds is 2. The van der Waals surface area contributed by atoms with Gasteiger partial charge in [0, 0.05) is 24.7 Å². The fraction of sp³-hybridized carbons (Fsp3) is 0.647. The smallest absolute Gasteiger partial charge is 0.129 e. The molecule has 0 bridgehead atoms. The number of aromatic hydroxyl groups is 1. The molecule has 3 nitrogen and oxygen atoms in total. The molecule has 1 aliphatic carbocycles. The fourth-order valence-corrected chi connectivity index (χ4v) is 3.72. The van der Waals surface area contributed by atoms with Crippen LogP contribution in [0.2, 0.25) is 0 Å². The van der Waals surface area contributed by atoms with E-state index in [1.165, 1.54) is 6.42 Å². The predicted octanol–water partition coefficient (Wildman–Crippen LogP) is 4.22. The van der Waals surface area contributed by atoms with Crippen molar-refractivity contribution in [2.24, 2.45) is 0 Å². The lowest BCUT2D eigenvalue weighted by atomic mass is 9.73. The number of phenols is 1. The fourth-order valence-electron chi connectivity index (χ4n) is 3.72. The van der Waals surface area contributed by atoms with E-state index < -0.39 is 0 Å². The third kappa shape index (κ3) is 1.91. The Morgan fingerprint density at radius 3 is 2.60 bits per heavy atom. The first kappa shape index (κ1) is 13.7. The molecule has 3 rings (SSSR count). The average Bonchev–Trinajstić information content (AvgIpc) is 2.35. The normalized spacial score (nSPS) is 23.4. The highest BCUT2D eigenvalue weighted by atomic mass is 16.5. The summed E-state index contributed by atoms with van der Waals surface area (Å²) in [5, 5.41) is 10.3. The van der Waals surface area contributed by atoms with Gasteiger partial charge in [-0.1, -0.05) is 13.8 Å². The van der Waals surface area contributed by atoms with Crippen LogP contribution in [0.3, 0.4) is 0 Å². The van der Waals surface area contributed by atoms with Crippen molar-refractivity contribution < 1.29 is 14.6 Å². The van der Waals surface area contributed by atoms with Crippen LogP contribution in [0.25, 0.3) is 0 Å². The standard InChI is InChI=1S/C17H24O3/c1-10(2)15-11(3)16-12(8-13(15)18)14(19-4)9-17(20-16)6-5-7-17/h8,10,14,18H,5-7,9H2,1-4H3. The Kier molecular flexibility index (Phi) is 3.20. The van der Waals surface area contributed by atoms with Crippen molar-refractivity contribution in [3.8, 4) is 11.5 Å². The zero-order valence-electron chi connectivity index (χ0n) is 12.8. The van der Waals surface area contributed by atoms with Crippen LogP contribution in [-0.2, 0) is 4.74 Å². The van der Waals surface area contributed by atoms with Crippen LogP contribution in [0.5, 0.6) is 11.5 Å². The van der Waals surface area contributed by atoms with Gasteiger partial charge in [0.25, 0.3) is 0 Å². The van der Waals surface area contributed by atoms with Crippen molar-refractivity contribution in [1.29, 1.82) is 0 Å². The van der Waals surface area contributed by atoms with Crippen LogP contribution in [0.15, 0.2) is 6.07 Å². The molecule has 0 radical (unpaired) electrons. The summed E-state index contributed by atoms with van der Waals surface area (Å²) in [7, 11) is 1.74. The zero-order chi connectivity index (χ0) is 14.5. The first-order valence-corrected chi connectivity index (χ1v) is 7.55. The van der Waals surface area contributed by atoms with Gasteiger partial charge in [0.05, 0.1) is 6.10 Å². The number of ether oxygens (including phenoxy) is 2. The average molecular weight is 276 g/mol. The van der Waals surface area contributed by atoms with Gasteiger partial charge in [-0.25, -0.2) is 0 Å². The number of benzene rings is 1. The molecule has 2 aliphatic rings. The third-order valence-electron chi connectivity index (χ3n) is 4.92. The minimum absolute atomic E-state index is 0.0241. The van der Waals surface area contributed by atoms with Crippen LogP contribution in [0.1, 0.15) is 68.2 Å². The molecule has 0 aromatic heterocycles. The van der Waals surface area contributed by atoms with Crippen molar-refractivity contribution in [1.82, 2.24) is 0 Å². The summed E-state index contributed by atoms with van der Waals surface area (Å²) in [6.45, 7) is 6.26. The van der Waals surface area contributed by atoms with Crippen LogP contribution in [0, 0.1) is 6.92 Å². The van der Waals surface area contributed by atoms with Crippen LogP contribution in [-0.4, -0.2) is 17.8 Å². The minimum atomic E-state index is -0.0241. The Morgan fingerprint density at radius 2 is 2.10 bits per heavy atom. The highest BCUT2D eigenvalue weighted by Crippen LogP contribution is 2.53. The van der Waals surface area contributed by atoms with Crippen molar-refractivity contribution in [3.63, 3.8) is 0 Å². The van der Waals surface area contributed by atoms with Gasteiger partial charge >= 0.3 is 0 Å². The van der Waals surface area contributed by atoms with Gasteiger partial charge in [-0.2, -0.15) is 0 Å². The molecule has 1 spiro atoms. The summed E-state index contributed by atoms with van der Waals surface area (Å²) in [5.41, 5.74) is 3.05. The summed E-state index contributed by atoms with van der Waals surface area (Å²) in [6, 6.07) is 1.84. The van der Waals surface area contributed by atoms with Crippen molar-refractivity contribution in [2.45, 2.75) is 64.1 Å². The molecule has 20 heavy (non-hydrogen) atoms. The number of methoxy groups -OCH3 is 1. The van der Waals surface area contributed by atoms with Crippen molar-refractivity contribution in [3.05, 3.63) is 22.8 Å². The van der Waals surface area contributed by atoms with E-state index >= 15 is 0 Å². The molecule has 1 unspecified atom stereocenters. The summed E-state index contributed by atoms with van der Waals surface area (Å²) < 4.78 is 12.0. The lowest BCUT2D eigenvalue weighted by molar-refractivity contribution is -0.0774. The van der Waals surface area contributed by atoms with E-state index in [0.29, 0.717) is 5.75 Å². The molecule has 1 N–H and O–H groups in total. The van der Waals surface area contributed by atoms with Crippen molar-refractivity contribution in [2.75, 3.05) is 7.11 Å². The predicted molar refractivity (Wildman–Crippen MR) is 78.5 cm³/mol. The molecule has 1 aliphatic heterocycles. The quantitative estimate of drug-likeness (QED) is 0.879. The monoisotopic (exact) mass is 276 g/mol. The lowest BCUT2D eigenvalue weighted by Gasteiger charge is -2.48. The second kappa shape index (κ2) is 4.66. The molecule has 1 saturated carbocycles. The molecule has 1 aromatic rings. The summed E-state index contributed by atoms with van der Waals surface area (Å²) in [4.78, 5) is 0.